The van der Waals surface area contributed by atoms with E-state index in [1.165, 1.54) is 5.56 Å². The minimum atomic E-state index is -0.384. The summed E-state index contributed by atoms with van der Waals surface area (Å²) in [4.78, 5) is 4.56. The number of hydrogen-bond donors (Lipinski definition) is 1. The van der Waals surface area contributed by atoms with Crippen molar-refractivity contribution in [3.05, 3.63) is 52.0 Å². The Morgan fingerprint density at radius 2 is 2.11 bits per heavy atom. The van der Waals surface area contributed by atoms with E-state index in [2.05, 4.69) is 37.6 Å². The highest BCUT2D eigenvalue weighted by Gasteiger charge is 2.25. The topological polar surface area (TPSA) is 38.0 Å². The van der Waals surface area contributed by atoms with Crippen LogP contribution in [0.4, 0.5) is 0 Å². The first-order valence-electron chi connectivity index (χ1n) is 6.22. The smallest absolute Gasteiger partial charge is 0.130 e. The van der Waals surface area contributed by atoms with Gasteiger partial charge in [-0.05, 0) is 34.3 Å². The lowest BCUT2D eigenvalue weighted by Gasteiger charge is -2.21. The van der Waals surface area contributed by atoms with Crippen molar-refractivity contribution in [2.45, 2.75) is 31.9 Å². The molecule has 1 aromatic heterocycles. The number of hydrogen-bond acceptors (Lipinski definition) is 2. The molecule has 1 aliphatic rings. The second kappa shape index (κ2) is 4.86. The quantitative estimate of drug-likeness (QED) is 0.926. The first-order valence-corrected chi connectivity index (χ1v) is 7.02. The first-order chi connectivity index (χ1) is 8.75. The van der Waals surface area contributed by atoms with Crippen LogP contribution in [0.5, 0.6) is 0 Å². The van der Waals surface area contributed by atoms with E-state index in [-0.39, 0.29) is 6.10 Å². The molecular weight excluding hydrogens is 292 g/mol. The van der Waals surface area contributed by atoms with Crippen LogP contribution in [0, 0.1) is 0 Å². The fraction of sp³-hybridized carbons (Fsp3) is 0.357. The lowest BCUT2D eigenvalue weighted by molar-refractivity contribution is 0.137. The van der Waals surface area contributed by atoms with Crippen LogP contribution in [0.25, 0.3) is 0 Å². The zero-order valence-corrected chi connectivity index (χ0v) is 11.6. The highest BCUT2D eigenvalue weighted by Crippen LogP contribution is 2.32. The summed E-state index contributed by atoms with van der Waals surface area (Å²) >= 11 is 3.46. The zero-order chi connectivity index (χ0) is 12.5. The molecule has 2 aromatic rings. The minimum absolute atomic E-state index is 0.384. The lowest BCUT2D eigenvalue weighted by atomic mass is 10.1. The molecule has 0 saturated heterocycles. The van der Waals surface area contributed by atoms with Crippen molar-refractivity contribution in [2.75, 3.05) is 0 Å². The molecule has 0 radical (unpaired) electrons. The van der Waals surface area contributed by atoms with Crippen molar-refractivity contribution in [2.24, 2.45) is 0 Å². The Morgan fingerprint density at radius 3 is 2.89 bits per heavy atom. The van der Waals surface area contributed by atoms with E-state index in [1.807, 2.05) is 18.2 Å². The Labute approximate surface area is 115 Å². The zero-order valence-electron chi connectivity index (χ0n) is 10.0. The van der Waals surface area contributed by atoms with Crippen molar-refractivity contribution in [1.82, 2.24) is 9.55 Å². The molecule has 0 fully saturated rings. The third kappa shape index (κ3) is 2.10. The fourth-order valence-electron chi connectivity index (χ4n) is 2.54. The number of aromatic nitrogens is 2. The van der Waals surface area contributed by atoms with Crippen molar-refractivity contribution >= 4 is 15.9 Å². The van der Waals surface area contributed by atoms with Gasteiger partial charge in [0.25, 0.3) is 0 Å². The number of imidazole rings is 1. The van der Waals surface area contributed by atoms with Crippen LogP contribution in [0.1, 0.15) is 36.0 Å². The third-order valence-corrected chi connectivity index (χ3v) is 4.00. The van der Waals surface area contributed by atoms with Gasteiger partial charge in [0.1, 0.15) is 10.4 Å². The predicted molar refractivity (Wildman–Crippen MR) is 73.4 cm³/mol. The van der Waals surface area contributed by atoms with Gasteiger partial charge in [-0.2, -0.15) is 0 Å². The molecule has 18 heavy (non-hydrogen) atoms. The summed E-state index contributed by atoms with van der Waals surface area (Å²) in [6.45, 7) is 0.952. The predicted octanol–water partition coefficient (Wildman–Crippen LogP) is 3.06. The fourth-order valence-corrected chi connectivity index (χ4v) is 3.22. The maximum Gasteiger partial charge on any atom is 0.130 e. The number of aliphatic hydroxyl groups is 1. The molecule has 0 saturated carbocycles. The van der Waals surface area contributed by atoms with Gasteiger partial charge >= 0.3 is 0 Å². The lowest BCUT2D eigenvalue weighted by Crippen LogP contribution is -2.17. The highest BCUT2D eigenvalue weighted by molar-refractivity contribution is 9.10. The molecule has 0 spiro atoms. The largest absolute Gasteiger partial charge is 0.387 e. The molecule has 1 unspecified atom stereocenters. The second-order valence-corrected chi connectivity index (χ2v) is 5.43. The van der Waals surface area contributed by atoms with Crippen LogP contribution in [0.15, 0.2) is 34.9 Å². The van der Waals surface area contributed by atoms with Crippen LogP contribution in [-0.4, -0.2) is 14.7 Å². The molecule has 1 aromatic carbocycles. The van der Waals surface area contributed by atoms with Crippen molar-refractivity contribution in [3.8, 4) is 0 Å². The summed E-state index contributed by atoms with van der Waals surface area (Å²) in [7, 11) is 0. The summed E-state index contributed by atoms with van der Waals surface area (Å²) in [5.74, 6) is 1.03. The molecular formula is C14H15BrN2O. The Morgan fingerprint density at radius 1 is 1.33 bits per heavy atom. The van der Waals surface area contributed by atoms with E-state index in [9.17, 15) is 5.11 Å². The van der Waals surface area contributed by atoms with Gasteiger partial charge < -0.3 is 9.67 Å². The molecule has 3 rings (SSSR count). The normalized spacial score (nSPS) is 18.7. The number of benzene rings is 1. The molecule has 2 heterocycles. The van der Waals surface area contributed by atoms with E-state index >= 15 is 0 Å². The third-order valence-electron chi connectivity index (χ3n) is 3.42. The SMILES string of the molecule is OC1CCCn2c(Cc3ccccc3)nc(Br)c21. The maximum atomic E-state index is 10.0. The van der Waals surface area contributed by atoms with Gasteiger partial charge in [-0.3, -0.25) is 0 Å². The Hall–Kier alpha value is -1.13. The standard InChI is InChI=1S/C14H15BrN2O/c15-14-13-11(18)7-4-8-17(13)12(16-14)9-10-5-2-1-3-6-10/h1-3,5-6,11,18H,4,7-9H2. The van der Waals surface area contributed by atoms with Crippen LogP contribution >= 0.6 is 15.9 Å². The first kappa shape index (κ1) is 11.9. The molecule has 1 aliphatic heterocycles. The van der Waals surface area contributed by atoms with Gasteiger partial charge in [0.05, 0.1) is 11.8 Å². The molecule has 0 bridgehead atoms. The van der Waals surface area contributed by atoms with Crippen molar-refractivity contribution in [3.63, 3.8) is 0 Å². The van der Waals surface area contributed by atoms with Crippen LogP contribution < -0.4 is 0 Å². The molecule has 0 aliphatic carbocycles. The minimum Gasteiger partial charge on any atom is -0.387 e. The highest BCUT2D eigenvalue weighted by atomic mass is 79.9. The maximum absolute atomic E-state index is 10.0. The van der Waals surface area contributed by atoms with Gasteiger partial charge in [-0.25, -0.2) is 4.98 Å². The van der Waals surface area contributed by atoms with E-state index < -0.39 is 0 Å². The average molecular weight is 307 g/mol. The molecule has 3 nitrogen and oxygen atoms in total. The monoisotopic (exact) mass is 306 g/mol. The summed E-state index contributed by atoms with van der Waals surface area (Å²) in [6, 6.07) is 10.3. The van der Waals surface area contributed by atoms with Gasteiger partial charge in [-0.1, -0.05) is 30.3 Å². The summed E-state index contributed by atoms with van der Waals surface area (Å²) in [5.41, 5.74) is 2.19. The summed E-state index contributed by atoms with van der Waals surface area (Å²) in [5, 5.41) is 10.0. The van der Waals surface area contributed by atoms with Gasteiger partial charge in [0.2, 0.25) is 0 Å². The van der Waals surface area contributed by atoms with Crippen LogP contribution in [0.3, 0.4) is 0 Å². The Kier molecular flexibility index (Phi) is 3.22. The molecule has 1 N–H and O–H groups in total. The van der Waals surface area contributed by atoms with E-state index in [4.69, 9.17) is 0 Å². The molecule has 1 atom stereocenters. The average Bonchev–Trinajstić information content (AvgIpc) is 2.69. The van der Waals surface area contributed by atoms with E-state index in [0.29, 0.717) is 0 Å². The Bertz CT molecular complexity index is 550. The number of aliphatic hydroxyl groups excluding tert-OH is 1. The van der Waals surface area contributed by atoms with Crippen molar-refractivity contribution in [1.29, 1.82) is 0 Å². The number of nitrogens with zero attached hydrogens (tertiary/aromatic N) is 2. The molecule has 94 valence electrons. The van der Waals surface area contributed by atoms with Crippen LogP contribution in [0.2, 0.25) is 0 Å². The number of fused-ring (bicyclic) bond motifs is 1. The van der Waals surface area contributed by atoms with Crippen LogP contribution in [-0.2, 0) is 13.0 Å². The van der Waals surface area contributed by atoms with E-state index in [0.717, 1.165) is 41.9 Å². The van der Waals surface area contributed by atoms with Gasteiger partial charge in [0, 0.05) is 13.0 Å². The summed E-state index contributed by atoms with van der Waals surface area (Å²) < 4.78 is 2.95. The van der Waals surface area contributed by atoms with Gasteiger partial charge in [0.15, 0.2) is 0 Å². The van der Waals surface area contributed by atoms with E-state index in [1.54, 1.807) is 0 Å². The van der Waals surface area contributed by atoms with Crippen molar-refractivity contribution < 1.29 is 5.11 Å². The number of rotatable bonds is 2. The second-order valence-electron chi connectivity index (χ2n) is 4.68. The number of halogens is 1. The summed E-state index contributed by atoms with van der Waals surface area (Å²) in [6.07, 6.45) is 2.27. The van der Waals surface area contributed by atoms with Gasteiger partial charge in [-0.15, -0.1) is 0 Å². The molecule has 4 heteroatoms. The molecule has 0 amide bonds. The Balaban J connectivity index is 1.96.